The van der Waals surface area contributed by atoms with Crippen LogP contribution in [0.5, 0.6) is 0 Å². The SMILES string of the molecule is O=S(=O)(c1ccc2cc(Cl)ccc2c1)N1CCN=C1N1CCN(C2CCC2)CC1. The molecule has 2 heterocycles. The molecule has 2 aromatic carbocycles. The van der Waals surface area contributed by atoms with Crippen molar-refractivity contribution >= 4 is 38.4 Å². The molecule has 1 saturated heterocycles. The first-order chi connectivity index (χ1) is 14.0. The second kappa shape index (κ2) is 7.45. The fraction of sp³-hybridized carbons (Fsp3) is 0.476. The van der Waals surface area contributed by atoms with E-state index in [-0.39, 0.29) is 0 Å². The summed E-state index contributed by atoms with van der Waals surface area (Å²) >= 11 is 6.05. The summed E-state index contributed by atoms with van der Waals surface area (Å²) in [6.45, 7) is 4.54. The summed E-state index contributed by atoms with van der Waals surface area (Å²) in [6.07, 6.45) is 3.94. The molecule has 1 saturated carbocycles. The maximum absolute atomic E-state index is 13.4. The first kappa shape index (κ1) is 19.2. The number of halogens is 1. The highest BCUT2D eigenvalue weighted by Gasteiger charge is 2.36. The number of nitrogens with zero attached hydrogens (tertiary/aromatic N) is 4. The molecule has 8 heteroatoms. The number of sulfonamides is 1. The van der Waals surface area contributed by atoms with Gasteiger partial charge in [0, 0.05) is 37.2 Å². The van der Waals surface area contributed by atoms with Gasteiger partial charge in [0.15, 0.2) is 0 Å². The zero-order valence-corrected chi connectivity index (χ0v) is 17.9. The van der Waals surface area contributed by atoms with Crippen LogP contribution in [0, 0.1) is 0 Å². The lowest BCUT2D eigenvalue weighted by Crippen LogP contribution is -2.56. The molecular weight excluding hydrogens is 408 g/mol. The molecule has 0 spiro atoms. The molecule has 6 nitrogen and oxygen atoms in total. The molecule has 2 aromatic rings. The molecule has 5 rings (SSSR count). The van der Waals surface area contributed by atoms with Crippen molar-refractivity contribution in [3.8, 4) is 0 Å². The van der Waals surface area contributed by atoms with Gasteiger partial charge in [0.1, 0.15) is 0 Å². The highest BCUT2D eigenvalue weighted by Crippen LogP contribution is 2.28. The molecule has 0 radical (unpaired) electrons. The third kappa shape index (κ3) is 3.49. The van der Waals surface area contributed by atoms with Crippen LogP contribution in [-0.4, -0.2) is 73.8 Å². The van der Waals surface area contributed by atoms with E-state index in [4.69, 9.17) is 11.6 Å². The zero-order valence-electron chi connectivity index (χ0n) is 16.3. The van der Waals surface area contributed by atoms with Gasteiger partial charge in [-0.25, -0.2) is 12.7 Å². The fourth-order valence-corrected chi connectivity index (χ4v) is 6.09. The third-order valence-electron chi connectivity index (χ3n) is 6.33. The monoisotopic (exact) mass is 432 g/mol. The fourth-order valence-electron chi connectivity index (χ4n) is 4.43. The Labute approximate surface area is 176 Å². The molecule has 2 fully saturated rings. The number of aliphatic imine (C=N–C) groups is 1. The average molecular weight is 433 g/mol. The third-order valence-corrected chi connectivity index (χ3v) is 8.34. The van der Waals surface area contributed by atoms with Crippen molar-refractivity contribution in [1.29, 1.82) is 0 Å². The maximum Gasteiger partial charge on any atom is 0.266 e. The predicted molar refractivity (Wildman–Crippen MR) is 116 cm³/mol. The summed E-state index contributed by atoms with van der Waals surface area (Å²) < 4.78 is 28.3. The predicted octanol–water partition coefficient (Wildman–Crippen LogP) is 3.02. The molecule has 0 amide bonds. The zero-order chi connectivity index (χ0) is 20.0. The van der Waals surface area contributed by atoms with Crippen LogP contribution in [0.4, 0.5) is 0 Å². The molecule has 0 bridgehead atoms. The molecular formula is C21H25ClN4O2S. The summed E-state index contributed by atoms with van der Waals surface area (Å²) in [6, 6.07) is 11.4. The molecule has 0 unspecified atom stereocenters. The van der Waals surface area contributed by atoms with E-state index >= 15 is 0 Å². The molecule has 3 aliphatic rings. The lowest BCUT2D eigenvalue weighted by molar-refractivity contribution is 0.0833. The molecule has 2 aliphatic heterocycles. The van der Waals surface area contributed by atoms with Gasteiger partial charge in [0.25, 0.3) is 10.0 Å². The van der Waals surface area contributed by atoms with Crippen LogP contribution < -0.4 is 0 Å². The number of piperazine rings is 1. The molecule has 0 N–H and O–H groups in total. The second-order valence-corrected chi connectivity index (χ2v) is 10.3. The Hall–Kier alpha value is -1.83. The van der Waals surface area contributed by atoms with E-state index in [1.54, 1.807) is 18.2 Å². The van der Waals surface area contributed by atoms with Gasteiger partial charge in [-0.1, -0.05) is 30.2 Å². The maximum atomic E-state index is 13.4. The Bertz CT molecular complexity index is 1060. The minimum absolute atomic E-state index is 0.301. The van der Waals surface area contributed by atoms with Gasteiger partial charge < -0.3 is 4.90 Å². The van der Waals surface area contributed by atoms with Crippen molar-refractivity contribution in [2.45, 2.75) is 30.2 Å². The largest absolute Gasteiger partial charge is 0.339 e. The van der Waals surface area contributed by atoms with Crippen LogP contribution in [0.3, 0.4) is 0 Å². The van der Waals surface area contributed by atoms with Crippen LogP contribution in [0.1, 0.15) is 19.3 Å². The van der Waals surface area contributed by atoms with Crippen molar-refractivity contribution in [1.82, 2.24) is 14.1 Å². The van der Waals surface area contributed by atoms with E-state index in [1.165, 1.54) is 23.6 Å². The van der Waals surface area contributed by atoms with Gasteiger partial charge in [-0.3, -0.25) is 9.89 Å². The van der Waals surface area contributed by atoms with Crippen LogP contribution in [0.2, 0.25) is 5.02 Å². The smallest absolute Gasteiger partial charge is 0.266 e. The van der Waals surface area contributed by atoms with E-state index in [9.17, 15) is 8.42 Å². The molecule has 0 atom stereocenters. The van der Waals surface area contributed by atoms with Crippen molar-refractivity contribution in [2.75, 3.05) is 39.3 Å². The normalized spacial score (nSPS) is 21.5. The minimum atomic E-state index is -3.65. The number of guanidine groups is 1. The van der Waals surface area contributed by atoms with Crippen molar-refractivity contribution in [3.63, 3.8) is 0 Å². The summed E-state index contributed by atoms with van der Waals surface area (Å²) in [5, 5.41) is 2.43. The number of hydrogen-bond donors (Lipinski definition) is 0. The molecule has 1 aliphatic carbocycles. The van der Waals surface area contributed by atoms with Crippen LogP contribution in [-0.2, 0) is 10.0 Å². The van der Waals surface area contributed by atoms with Gasteiger partial charge in [-0.2, -0.15) is 0 Å². The van der Waals surface area contributed by atoms with Gasteiger partial charge in [0.2, 0.25) is 5.96 Å². The van der Waals surface area contributed by atoms with Crippen LogP contribution >= 0.6 is 11.6 Å². The van der Waals surface area contributed by atoms with Gasteiger partial charge in [-0.15, -0.1) is 0 Å². The first-order valence-corrected chi connectivity index (χ1v) is 12.1. The lowest BCUT2D eigenvalue weighted by Gasteiger charge is -2.44. The Morgan fingerprint density at radius 1 is 0.931 bits per heavy atom. The second-order valence-electron chi connectivity index (χ2n) is 8.02. The Morgan fingerprint density at radius 3 is 2.38 bits per heavy atom. The highest BCUT2D eigenvalue weighted by molar-refractivity contribution is 7.89. The standard InChI is InChI=1S/C21H25ClN4O2S/c22-18-6-4-17-15-20(7-5-16(17)14-18)29(27,28)26-9-8-23-21(26)25-12-10-24(11-13-25)19-2-1-3-19/h4-7,14-15,19H,1-3,8-13H2. The quantitative estimate of drug-likeness (QED) is 0.748. The highest BCUT2D eigenvalue weighted by atomic mass is 35.5. The number of benzene rings is 2. The van der Waals surface area contributed by atoms with E-state index < -0.39 is 10.0 Å². The number of rotatable bonds is 3. The molecule has 154 valence electrons. The molecule has 29 heavy (non-hydrogen) atoms. The molecule has 0 aromatic heterocycles. The lowest BCUT2D eigenvalue weighted by atomic mass is 9.91. The Kier molecular flexibility index (Phi) is 4.92. The van der Waals surface area contributed by atoms with Crippen molar-refractivity contribution in [3.05, 3.63) is 41.4 Å². The van der Waals surface area contributed by atoms with Crippen molar-refractivity contribution in [2.24, 2.45) is 4.99 Å². The summed E-state index contributed by atoms with van der Waals surface area (Å²) in [7, 11) is -3.65. The van der Waals surface area contributed by atoms with Crippen LogP contribution in [0.15, 0.2) is 46.3 Å². The first-order valence-electron chi connectivity index (χ1n) is 10.3. The van der Waals surface area contributed by atoms with Gasteiger partial charge in [0.05, 0.1) is 18.0 Å². The van der Waals surface area contributed by atoms with E-state index in [0.29, 0.717) is 29.0 Å². The Morgan fingerprint density at radius 2 is 1.66 bits per heavy atom. The topological polar surface area (TPSA) is 56.2 Å². The number of hydrogen-bond acceptors (Lipinski definition) is 5. The van der Waals surface area contributed by atoms with Crippen LogP contribution in [0.25, 0.3) is 10.8 Å². The van der Waals surface area contributed by atoms with E-state index in [1.807, 2.05) is 18.2 Å². The number of fused-ring (bicyclic) bond motifs is 1. The average Bonchev–Trinajstić information content (AvgIpc) is 3.17. The summed E-state index contributed by atoms with van der Waals surface area (Å²) in [5.41, 5.74) is 0. The van der Waals surface area contributed by atoms with Gasteiger partial charge >= 0.3 is 0 Å². The van der Waals surface area contributed by atoms with Crippen molar-refractivity contribution < 1.29 is 8.42 Å². The Balaban J connectivity index is 1.36. The minimum Gasteiger partial charge on any atom is -0.339 e. The summed E-state index contributed by atoms with van der Waals surface area (Å²) in [5.74, 6) is 0.606. The summed E-state index contributed by atoms with van der Waals surface area (Å²) in [4.78, 5) is 9.55. The van der Waals surface area contributed by atoms with E-state index in [2.05, 4.69) is 14.8 Å². The van der Waals surface area contributed by atoms with Gasteiger partial charge in [-0.05, 0) is 47.9 Å². The van der Waals surface area contributed by atoms with E-state index in [0.717, 1.165) is 43.0 Å².